The maximum atomic E-state index is 12.2. The number of alkyl carbamates (subject to hydrolysis) is 1. The van der Waals surface area contributed by atoms with E-state index >= 15 is 0 Å². The summed E-state index contributed by atoms with van der Waals surface area (Å²) in [6, 6.07) is 14.9. The number of hydrogen-bond acceptors (Lipinski definition) is 5. The first-order chi connectivity index (χ1) is 15.4. The normalized spacial score (nSPS) is 14.1. The van der Waals surface area contributed by atoms with Gasteiger partial charge in [0.15, 0.2) is 0 Å². The summed E-state index contributed by atoms with van der Waals surface area (Å²) in [4.78, 5) is 35.0. The second-order valence-corrected chi connectivity index (χ2v) is 7.88. The minimum absolute atomic E-state index is 0.00873. The summed E-state index contributed by atoms with van der Waals surface area (Å²) >= 11 is 0. The number of benzene rings is 2. The molecule has 0 spiro atoms. The van der Waals surface area contributed by atoms with Gasteiger partial charge in [0, 0.05) is 18.4 Å². The maximum absolute atomic E-state index is 12.2. The van der Waals surface area contributed by atoms with Gasteiger partial charge in [-0.25, -0.2) is 9.59 Å². The van der Waals surface area contributed by atoms with Crippen LogP contribution in [-0.2, 0) is 14.3 Å². The van der Waals surface area contributed by atoms with Crippen LogP contribution >= 0.6 is 0 Å². The molecule has 0 saturated carbocycles. The van der Waals surface area contributed by atoms with Gasteiger partial charge >= 0.3 is 12.1 Å². The zero-order valence-corrected chi connectivity index (χ0v) is 17.9. The molecule has 2 aromatic rings. The van der Waals surface area contributed by atoms with Crippen LogP contribution in [0.2, 0.25) is 0 Å². The molecule has 0 saturated heterocycles. The standard InChI is InChI=1S/C24H28N2O6/c1-15(22(28)26-21(13-27)23(29)30)7-6-12-25-24(31)32-14-20-18-10-4-2-8-16(18)17-9-3-5-11-19(17)20/h2-5,8-11,15,20-21,27H,6-7,12-14H2,1H3,(H,25,31)(H,26,28)(H,29,30)/t15?,21-/m0/s1. The van der Waals surface area contributed by atoms with Gasteiger partial charge in [-0.05, 0) is 35.1 Å². The van der Waals surface area contributed by atoms with Crippen LogP contribution in [-0.4, -0.2) is 54.0 Å². The molecule has 4 N–H and O–H groups in total. The summed E-state index contributed by atoms with van der Waals surface area (Å²) in [6.45, 7) is 1.56. The molecule has 1 unspecified atom stereocenters. The van der Waals surface area contributed by atoms with E-state index in [1.807, 2.05) is 24.3 Å². The number of carboxylic acids is 1. The van der Waals surface area contributed by atoms with E-state index in [1.54, 1.807) is 6.92 Å². The molecule has 0 bridgehead atoms. The third-order valence-corrected chi connectivity index (χ3v) is 5.67. The summed E-state index contributed by atoms with van der Waals surface area (Å²) in [5.74, 6) is -2.20. The Hall–Kier alpha value is -3.39. The van der Waals surface area contributed by atoms with Crippen LogP contribution in [0.1, 0.15) is 36.8 Å². The molecule has 2 amide bonds. The number of nitrogens with one attached hydrogen (secondary N) is 2. The lowest BCUT2D eigenvalue weighted by Gasteiger charge is -2.16. The van der Waals surface area contributed by atoms with Gasteiger partial charge < -0.3 is 25.6 Å². The number of aliphatic hydroxyl groups excluding tert-OH is 1. The fourth-order valence-corrected chi connectivity index (χ4v) is 3.88. The van der Waals surface area contributed by atoms with E-state index in [0.29, 0.717) is 19.4 Å². The average Bonchev–Trinajstić information content (AvgIpc) is 3.12. The predicted molar refractivity (Wildman–Crippen MR) is 118 cm³/mol. The van der Waals surface area contributed by atoms with Crippen LogP contribution in [0.5, 0.6) is 0 Å². The SMILES string of the molecule is CC(CCCNC(=O)OCC1c2ccccc2-c2ccccc21)C(=O)N[C@@H](CO)C(=O)O. The molecule has 0 heterocycles. The monoisotopic (exact) mass is 440 g/mol. The lowest BCUT2D eigenvalue weighted by Crippen LogP contribution is -2.45. The summed E-state index contributed by atoms with van der Waals surface area (Å²) < 4.78 is 5.47. The van der Waals surface area contributed by atoms with Gasteiger partial charge in [-0.15, -0.1) is 0 Å². The highest BCUT2D eigenvalue weighted by Crippen LogP contribution is 2.44. The topological polar surface area (TPSA) is 125 Å². The van der Waals surface area contributed by atoms with Gasteiger partial charge in [0.25, 0.3) is 0 Å². The largest absolute Gasteiger partial charge is 0.480 e. The number of hydrogen-bond donors (Lipinski definition) is 4. The van der Waals surface area contributed by atoms with Crippen molar-refractivity contribution >= 4 is 18.0 Å². The number of fused-ring (bicyclic) bond motifs is 3. The van der Waals surface area contributed by atoms with Crippen molar-refractivity contribution in [2.45, 2.75) is 31.7 Å². The lowest BCUT2D eigenvalue weighted by atomic mass is 9.98. The fraction of sp³-hybridized carbons (Fsp3) is 0.375. The Morgan fingerprint density at radius 2 is 1.62 bits per heavy atom. The van der Waals surface area contributed by atoms with Crippen molar-refractivity contribution in [1.29, 1.82) is 0 Å². The minimum atomic E-state index is -1.32. The highest BCUT2D eigenvalue weighted by molar-refractivity contribution is 5.84. The van der Waals surface area contributed by atoms with Crippen LogP contribution in [0.25, 0.3) is 11.1 Å². The highest BCUT2D eigenvalue weighted by atomic mass is 16.5. The Balaban J connectivity index is 1.42. The number of carbonyl (C=O) groups is 3. The molecule has 0 aromatic heterocycles. The minimum Gasteiger partial charge on any atom is -0.480 e. The first-order valence-corrected chi connectivity index (χ1v) is 10.6. The zero-order valence-electron chi connectivity index (χ0n) is 17.9. The first-order valence-electron chi connectivity index (χ1n) is 10.6. The van der Waals surface area contributed by atoms with Gasteiger partial charge in [-0.3, -0.25) is 4.79 Å². The summed E-state index contributed by atoms with van der Waals surface area (Å²) in [6.07, 6.45) is 0.457. The molecule has 8 nitrogen and oxygen atoms in total. The Labute approximate surface area is 186 Å². The average molecular weight is 440 g/mol. The first kappa shape index (κ1) is 23.3. The third-order valence-electron chi connectivity index (χ3n) is 5.67. The lowest BCUT2D eigenvalue weighted by molar-refractivity contribution is -0.143. The summed E-state index contributed by atoms with van der Waals surface area (Å²) in [5.41, 5.74) is 4.61. The Morgan fingerprint density at radius 1 is 1.03 bits per heavy atom. The summed E-state index contributed by atoms with van der Waals surface area (Å²) in [7, 11) is 0. The van der Waals surface area contributed by atoms with E-state index in [9.17, 15) is 14.4 Å². The van der Waals surface area contributed by atoms with E-state index < -0.39 is 36.5 Å². The fourth-order valence-electron chi connectivity index (χ4n) is 3.88. The number of aliphatic carboxylic acids is 1. The molecular formula is C24H28N2O6. The number of aliphatic hydroxyl groups is 1. The second-order valence-electron chi connectivity index (χ2n) is 7.88. The van der Waals surface area contributed by atoms with Crippen molar-refractivity contribution < 1.29 is 29.3 Å². The number of carboxylic acid groups (broad SMARTS) is 1. The van der Waals surface area contributed by atoms with E-state index in [4.69, 9.17) is 14.9 Å². The van der Waals surface area contributed by atoms with Gasteiger partial charge in [0.2, 0.25) is 5.91 Å². The van der Waals surface area contributed by atoms with Crippen LogP contribution in [0.4, 0.5) is 4.79 Å². The van der Waals surface area contributed by atoms with Crippen molar-refractivity contribution in [2.24, 2.45) is 5.92 Å². The molecule has 0 fully saturated rings. The molecule has 2 aromatic carbocycles. The highest BCUT2D eigenvalue weighted by Gasteiger charge is 2.29. The van der Waals surface area contributed by atoms with Gasteiger partial charge in [0.05, 0.1) is 6.61 Å². The van der Waals surface area contributed by atoms with Crippen LogP contribution in [0.15, 0.2) is 48.5 Å². The Kier molecular flexibility index (Phi) is 7.83. The van der Waals surface area contributed by atoms with Crippen LogP contribution < -0.4 is 10.6 Å². The van der Waals surface area contributed by atoms with Crippen molar-refractivity contribution in [1.82, 2.24) is 10.6 Å². The molecule has 3 rings (SSSR count). The molecule has 170 valence electrons. The Morgan fingerprint density at radius 3 is 2.19 bits per heavy atom. The van der Waals surface area contributed by atoms with Crippen LogP contribution in [0, 0.1) is 5.92 Å². The molecule has 1 aliphatic carbocycles. The molecule has 0 aliphatic heterocycles. The number of amides is 2. The molecule has 8 heteroatoms. The van der Waals surface area contributed by atoms with Crippen molar-refractivity contribution in [3.05, 3.63) is 59.7 Å². The van der Waals surface area contributed by atoms with Crippen molar-refractivity contribution in [3.63, 3.8) is 0 Å². The quantitative estimate of drug-likeness (QED) is 0.421. The third kappa shape index (κ3) is 5.45. The smallest absolute Gasteiger partial charge is 0.407 e. The van der Waals surface area contributed by atoms with E-state index in [2.05, 4.69) is 34.9 Å². The van der Waals surface area contributed by atoms with E-state index in [-0.39, 0.29) is 12.5 Å². The van der Waals surface area contributed by atoms with Crippen molar-refractivity contribution in [3.8, 4) is 11.1 Å². The van der Waals surface area contributed by atoms with Crippen LogP contribution in [0.3, 0.4) is 0 Å². The Bertz CT molecular complexity index is 931. The zero-order chi connectivity index (χ0) is 23.1. The predicted octanol–water partition coefficient (Wildman–Crippen LogP) is 2.50. The van der Waals surface area contributed by atoms with Gasteiger partial charge in [0.1, 0.15) is 12.6 Å². The number of ether oxygens (including phenoxy) is 1. The molecular weight excluding hydrogens is 412 g/mol. The molecule has 1 aliphatic rings. The molecule has 32 heavy (non-hydrogen) atoms. The number of carbonyl (C=O) groups excluding carboxylic acids is 2. The maximum Gasteiger partial charge on any atom is 0.407 e. The second kappa shape index (κ2) is 10.8. The summed E-state index contributed by atoms with van der Waals surface area (Å²) in [5, 5.41) is 22.8. The molecule has 2 atom stereocenters. The van der Waals surface area contributed by atoms with Gasteiger partial charge in [-0.2, -0.15) is 0 Å². The van der Waals surface area contributed by atoms with E-state index in [1.165, 1.54) is 0 Å². The van der Waals surface area contributed by atoms with E-state index in [0.717, 1.165) is 22.3 Å². The van der Waals surface area contributed by atoms with Gasteiger partial charge in [-0.1, -0.05) is 55.5 Å². The molecule has 0 radical (unpaired) electrons. The number of rotatable bonds is 10. The van der Waals surface area contributed by atoms with Crippen molar-refractivity contribution in [2.75, 3.05) is 19.8 Å².